The Balaban J connectivity index is 1.45. The Labute approximate surface area is 223 Å². The van der Waals surface area contributed by atoms with E-state index in [1.54, 1.807) is 52.7 Å². The van der Waals surface area contributed by atoms with E-state index >= 15 is 0 Å². The number of methoxy groups -OCH3 is 1. The Morgan fingerprint density at radius 3 is 2.73 bits per heavy atom. The van der Waals surface area contributed by atoms with E-state index in [0.29, 0.717) is 41.8 Å². The highest BCUT2D eigenvalue weighted by atomic mass is 35.5. The van der Waals surface area contributed by atoms with Crippen molar-refractivity contribution in [1.29, 1.82) is 0 Å². The topological polar surface area (TPSA) is 89.8 Å². The Bertz CT molecular complexity index is 1380. The van der Waals surface area contributed by atoms with Crippen molar-refractivity contribution in [3.05, 3.63) is 70.7 Å². The third kappa shape index (κ3) is 5.67. The number of carbonyl (C=O) groups is 2. The lowest BCUT2D eigenvalue weighted by Gasteiger charge is -2.29. The maximum Gasteiger partial charge on any atom is 0.247 e. The first kappa shape index (κ1) is 25.3. The van der Waals surface area contributed by atoms with Crippen LogP contribution >= 0.6 is 22.9 Å². The summed E-state index contributed by atoms with van der Waals surface area (Å²) in [6.45, 7) is 4.41. The molecular weight excluding hydrogens is 514 g/mol. The number of benzene rings is 1. The zero-order chi connectivity index (χ0) is 25.8. The van der Waals surface area contributed by atoms with Crippen LogP contribution in [0.2, 0.25) is 5.15 Å². The van der Waals surface area contributed by atoms with Gasteiger partial charge in [-0.15, -0.1) is 11.3 Å². The van der Waals surface area contributed by atoms with Gasteiger partial charge in [-0.25, -0.2) is 4.98 Å². The van der Waals surface area contributed by atoms with Crippen LogP contribution in [-0.2, 0) is 16.1 Å². The fraction of sp³-hybridized carbons (Fsp3) is 0.308. The minimum atomic E-state index is -0.197. The third-order valence-electron chi connectivity index (χ3n) is 6.36. The maximum absolute atomic E-state index is 13.7. The molecule has 11 heteroatoms. The molecule has 9 nitrogen and oxygen atoms in total. The van der Waals surface area contributed by atoms with Gasteiger partial charge in [-0.1, -0.05) is 11.6 Å². The SMILES string of the molecule is COc1ccc2c(C(=O)c3ccc(Cl)nc3)cn(CC(=O)N(CCN3CCOCC3)c3cncs3)c2c1. The van der Waals surface area contributed by atoms with Gasteiger partial charge in [-0.05, 0) is 24.3 Å². The lowest BCUT2D eigenvalue weighted by molar-refractivity contribution is -0.119. The highest BCUT2D eigenvalue weighted by Gasteiger charge is 2.23. The predicted molar refractivity (Wildman–Crippen MR) is 143 cm³/mol. The van der Waals surface area contributed by atoms with Crippen molar-refractivity contribution in [2.45, 2.75) is 6.54 Å². The number of pyridine rings is 1. The zero-order valence-corrected chi connectivity index (χ0v) is 21.9. The lowest BCUT2D eigenvalue weighted by Crippen LogP contribution is -2.43. The van der Waals surface area contributed by atoms with Gasteiger partial charge in [-0.2, -0.15) is 0 Å². The molecule has 4 aromatic rings. The van der Waals surface area contributed by atoms with Gasteiger partial charge in [0.15, 0.2) is 5.78 Å². The molecule has 1 aliphatic heterocycles. The number of rotatable bonds is 9. The molecule has 4 heterocycles. The molecule has 1 fully saturated rings. The minimum absolute atomic E-state index is 0.0524. The van der Waals surface area contributed by atoms with Crippen molar-refractivity contribution in [1.82, 2.24) is 19.4 Å². The van der Waals surface area contributed by atoms with Crippen LogP contribution in [0, 0.1) is 0 Å². The van der Waals surface area contributed by atoms with Gasteiger partial charge in [0.05, 0.1) is 37.5 Å². The normalized spacial score (nSPS) is 14.1. The zero-order valence-electron chi connectivity index (χ0n) is 20.3. The van der Waals surface area contributed by atoms with E-state index in [0.717, 1.165) is 35.5 Å². The molecule has 0 radical (unpaired) electrons. The van der Waals surface area contributed by atoms with E-state index in [-0.39, 0.29) is 18.2 Å². The number of morpholine rings is 1. The number of amides is 1. The van der Waals surface area contributed by atoms with Crippen molar-refractivity contribution < 1.29 is 19.1 Å². The molecule has 0 aliphatic carbocycles. The molecule has 0 N–H and O–H groups in total. The van der Waals surface area contributed by atoms with Crippen LogP contribution in [0.1, 0.15) is 15.9 Å². The van der Waals surface area contributed by atoms with Crippen molar-refractivity contribution >= 4 is 50.5 Å². The fourth-order valence-corrected chi connectivity index (χ4v) is 5.16. The second kappa shape index (κ2) is 11.4. The fourth-order valence-electron chi connectivity index (χ4n) is 4.37. The smallest absolute Gasteiger partial charge is 0.247 e. The molecular formula is C26H26ClN5O4S. The van der Waals surface area contributed by atoms with Gasteiger partial charge in [0.2, 0.25) is 5.91 Å². The number of aromatic nitrogens is 3. The number of thiazole rings is 1. The van der Waals surface area contributed by atoms with Crippen LogP contribution in [-0.4, -0.2) is 77.6 Å². The number of ketones is 1. The Kier molecular flexibility index (Phi) is 7.80. The first-order valence-corrected chi connectivity index (χ1v) is 13.1. The van der Waals surface area contributed by atoms with Crippen LogP contribution < -0.4 is 9.64 Å². The highest BCUT2D eigenvalue weighted by molar-refractivity contribution is 7.14. The van der Waals surface area contributed by atoms with Gasteiger partial charge in [-0.3, -0.25) is 24.4 Å². The number of hydrogen-bond acceptors (Lipinski definition) is 8. The Morgan fingerprint density at radius 2 is 2.03 bits per heavy atom. The molecule has 5 rings (SSSR count). The van der Waals surface area contributed by atoms with Crippen molar-refractivity contribution in [3.8, 4) is 5.75 Å². The van der Waals surface area contributed by atoms with Crippen molar-refractivity contribution in [2.24, 2.45) is 0 Å². The summed E-state index contributed by atoms with van der Waals surface area (Å²) in [6.07, 6.45) is 4.90. The summed E-state index contributed by atoms with van der Waals surface area (Å²) in [5.74, 6) is 0.347. The maximum atomic E-state index is 13.7. The second-order valence-corrected chi connectivity index (χ2v) is 9.84. The molecule has 0 unspecified atom stereocenters. The summed E-state index contributed by atoms with van der Waals surface area (Å²) in [4.78, 5) is 39.3. The van der Waals surface area contributed by atoms with E-state index < -0.39 is 0 Å². The van der Waals surface area contributed by atoms with E-state index in [2.05, 4.69) is 14.9 Å². The molecule has 1 amide bonds. The summed E-state index contributed by atoms with van der Waals surface area (Å²) in [5.41, 5.74) is 3.35. The van der Waals surface area contributed by atoms with Crippen LogP contribution in [0.15, 0.2) is 54.4 Å². The molecule has 3 aromatic heterocycles. The van der Waals surface area contributed by atoms with E-state index in [4.69, 9.17) is 21.1 Å². The predicted octanol–water partition coefficient (Wildman–Crippen LogP) is 3.75. The minimum Gasteiger partial charge on any atom is -0.497 e. The number of halogens is 1. The quantitative estimate of drug-likeness (QED) is 0.236. The monoisotopic (exact) mass is 539 g/mol. The molecule has 0 spiro atoms. The molecule has 37 heavy (non-hydrogen) atoms. The standard InChI is InChI=1S/C26H26ClN5O4S/c1-35-19-3-4-20-21(26(34)18-2-5-23(27)29-13-18)15-31(22(20)12-19)16-24(33)32(25-14-28-17-37-25)7-6-30-8-10-36-11-9-30/h2-5,12-15,17H,6-11,16H2,1H3. The van der Waals surface area contributed by atoms with Crippen molar-refractivity contribution in [2.75, 3.05) is 51.4 Å². The number of nitrogens with zero attached hydrogens (tertiary/aromatic N) is 5. The third-order valence-corrected chi connectivity index (χ3v) is 7.38. The van der Waals surface area contributed by atoms with Crippen molar-refractivity contribution in [3.63, 3.8) is 0 Å². The molecule has 1 saturated heterocycles. The number of fused-ring (bicyclic) bond motifs is 1. The summed E-state index contributed by atoms with van der Waals surface area (Å²) in [7, 11) is 1.59. The number of carbonyl (C=O) groups excluding carboxylic acids is 2. The van der Waals surface area contributed by atoms with Crippen LogP contribution in [0.3, 0.4) is 0 Å². The lowest BCUT2D eigenvalue weighted by atomic mass is 10.0. The summed E-state index contributed by atoms with van der Waals surface area (Å²) in [6, 6.07) is 8.71. The average molecular weight is 540 g/mol. The average Bonchev–Trinajstić information content (AvgIpc) is 3.58. The van der Waals surface area contributed by atoms with E-state index in [1.807, 2.05) is 12.1 Å². The largest absolute Gasteiger partial charge is 0.497 e. The number of hydrogen-bond donors (Lipinski definition) is 0. The summed E-state index contributed by atoms with van der Waals surface area (Å²) < 4.78 is 12.7. The Morgan fingerprint density at radius 1 is 1.19 bits per heavy atom. The van der Waals surface area contributed by atoms with Gasteiger partial charge >= 0.3 is 0 Å². The molecule has 1 aliphatic rings. The molecule has 0 saturated carbocycles. The van der Waals surface area contributed by atoms with Crippen LogP contribution in [0.5, 0.6) is 5.75 Å². The summed E-state index contributed by atoms with van der Waals surface area (Å²) in [5, 5.41) is 1.83. The van der Waals surface area contributed by atoms with Gasteiger partial charge in [0.25, 0.3) is 0 Å². The second-order valence-electron chi connectivity index (χ2n) is 8.59. The first-order chi connectivity index (χ1) is 18.0. The molecule has 0 atom stereocenters. The van der Waals surface area contributed by atoms with Crippen LogP contribution in [0.25, 0.3) is 10.9 Å². The Hall–Kier alpha value is -3.31. The molecule has 192 valence electrons. The van der Waals surface area contributed by atoms with Gasteiger partial charge < -0.3 is 14.0 Å². The molecule has 1 aromatic carbocycles. The summed E-state index contributed by atoms with van der Waals surface area (Å²) >= 11 is 7.33. The highest BCUT2D eigenvalue weighted by Crippen LogP contribution is 2.29. The van der Waals surface area contributed by atoms with E-state index in [9.17, 15) is 9.59 Å². The van der Waals surface area contributed by atoms with Crippen LogP contribution in [0.4, 0.5) is 5.00 Å². The first-order valence-electron chi connectivity index (χ1n) is 11.9. The number of anilines is 1. The van der Waals surface area contributed by atoms with E-state index in [1.165, 1.54) is 17.5 Å². The van der Waals surface area contributed by atoms with Gasteiger partial charge in [0, 0.05) is 61.2 Å². The van der Waals surface area contributed by atoms with Gasteiger partial charge in [0.1, 0.15) is 22.4 Å². The molecule has 0 bridgehead atoms. The number of ether oxygens (including phenoxy) is 2.